The van der Waals surface area contributed by atoms with Crippen LogP contribution in [0.4, 0.5) is 5.69 Å². The van der Waals surface area contributed by atoms with Gasteiger partial charge in [-0.1, -0.05) is 35.9 Å². The Bertz CT molecular complexity index is 1490. The van der Waals surface area contributed by atoms with E-state index in [9.17, 15) is 19.2 Å². The fraction of sp³-hybridized carbons (Fsp3) is 0.231. The lowest BCUT2D eigenvalue weighted by atomic mass is 10.2. The number of halogens is 1. The first kappa shape index (κ1) is 25.0. The maximum Gasteiger partial charge on any atom is 0.331 e. The van der Waals surface area contributed by atoms with Gasteiger partial charge in [0, 0.05) is 13.0 Å². The molecule has 0 aliphatic carbocycles. The number of para-hydroxylation sites is 2. The third-order valence-electron chi connectivity index (χ3n) is 5.66. The highest BCUT2D eigenvalue weighted by molar-refractivity contribution is 6.33. The van der Waals surface area contributed by atoms with Gasteiger partial charge in [0.2, 0.25) is 11.8 Å². The van der Waals surface area contributed by atoms with Gasteiger partial charge in [-0.2, -0.15) is 0 Å². The molecule has 0 unspecified atom stereocenters. The zero-order valence-electron chi connectivity index (χ0n) is 19.4. The molecule has 10 heteroatoms. The molecule has 9 nitrogen and oxygen atoms in total. The number of fused-ring (bicyclic) bond motifs is 1. The fourth-order valence-corrected chi connectivity index (χ4v) is 4.04. The van der Waals surface area contributed by atoms with Crippen LogP contribution >= 0.6 is 11.6 Å². The largest absolute Gasteiger partial charge is 0.467 e. The van der Waals surface area contributed by atoms with E-state index in [1.807, 2.05) is 0 Å². The first-order chi connectivity index (χ1) is 17.4. The number of nitrogens with one attached hydrogen (secondary N) is 2. The van der Waals surface area contributed by atoms with Crippen molar-refractivity contribution in [3.8, 4) is 0 Å². The minimum atomic E-state index is -0.588. The van der Waals surface area contributed by atoms with Gasteiger partial charge in [0.05, 0.1) is 34.4 Å². The van der Waals surface area contributed by atoms with Crippen molar-refractivity contribution in [2.45, 2.75) is 38.9 Å². The molecule has 0 spiro atoms. The molecule has 36 heavy (non-hydrogen) atoms. The summed E-state index contributed by atoms with van der Waals surface area (Å²) in [4.78, 5) is 51.1. The van der Waals surface area contributed by atoms with Crippen LogP contribution in [0.15, 0.2) is 80.9 Å². The number of rotatable bonds is 10. The Morgan fingerprint density at radius 2 is 1.67 bits per heavy atom. The fourth-order valence-electron chi connectivity index (χ4n) is 3.86. The number of aromatic nitrogens is 2. The molecule has 4 rings (SSSR count). The van der Waals surface area contributed by atoms with Crippen molar-refractivity contribution < 1.29 is 14.0 Å². The third kappa shape index (κ3) is 5.92. The normalized spacial score (nSPS) is 10.9. The molecule has 0 aliphatic heterocycles. The van der Waals surface area contributed by atoms with E-state index in [0.29, 0.717) is 46.8 Å². The SMILES string of the molecule is O=C(CCCCn1c(=O)c2ccccc2n(CC(=O)Nc2ccccc2Cl)c1=O)NCc1ccco1. The van der Waals surface area contributed by atoms with Gasteiger partial charge in [0.15, 0.2) is 0 Å². The molecule has 0 saturated heterocycles. The van der Waals surface area contributed by atoms with Crippen LogP contribution in [0.1, 0.15) is 25.0 Å². The van der Waals surface area contributed by atoms with Crippen LogP contribution in [0.3, 0.4) is 0 Å². The van der Waals surface area contributed by atoms with E-state index in [4.69, 9.17) is 16.0 Å². The molecule has 0 saturated carbocycles. The Balaban J connectivity index is 1.46. The average molecular weight is 509 g/mol. The minimum absolute atomic E-state index is 0.125. The van der Waals surface area contributed by atoms with E-state index < -0.39 is 17.2 Å². The molecule has 2 amide bonds. The van der Waals surface area contributed by atoms with Crippen LogP contribution in [-0.4, -0.2) is 20.9 Å². The van der Waals surface area contributed by atoms with Crippen molar-refractivity contribution in [2.75, 3.05) is 5.32 Å². The van der Waals surface area contributed by atoms with Gasteiger partial charge < -0.3 is 15.1 Å². The zero-order chi connectivity index (χ0) is 25.5. The van der Waals surface area contributed by atoms with Gasteiger partial charge in [0.25, 0.3) is 5.56 Å². The molecule has 0 bridgehead atoms. The second-order valence-electron chi connectivity index (χ2n) is 8.18. The van der Waals surface area contributed by atoms with E-state index >= 15 is 0 Å². The molecule has 0 atom stereocenters. The van der Waals surface area contributed by atoms with Crippen molar-refractivity contribution >= 4 is 40.0 Å². The first-order valence-electron chi connectivity index (χ1n) is 11.5. The maximum atomic E-state index is 13.3. The van der Waals surface area contributed by atoms with E-state index in [1.165, 1.54) is 10.8 Å². The van der Waals surface area contributed by atoms with Crippen LogP contribution in [0.5, 0.6) is 0 Å². The topological polar surface area (TPSA) is 115 Å². The number of nitrogens with zero attached hydrogens (tertiary/aromatic N) is 2. The lowest BCUT2D eigenvalue weighted by Gasteiger charge is -2.14. The summed E-state index contributed by atoms with van der Waals surface area (Å²) < 4.78 is 7.58. The van der Waals surface area contributed by atoms with E-state index in [0.717, 1.165) is 4.57 Å². The highest BCUT2D eigenvalue weighted by Gasteiger charge is 2.16. The van der Waals surface area contributed by atoms with Crippen LogP contribution in [0.25, 0.3) is 10.9 Å². The van der Waals surface area contributed by atoms with Gasteiger partial charge in [0.1, 0.15) is 12.3 Å². The molecule has 2 aromatic heterocycles. The second kappa shape index (κ2) is 11.5. The predicted octanol–water partition coefficient (Wildman–Crippen LogP) is 3.54. The smallest absolute Gasteiger partial charge is 0.331 e. The summed E-state index contributed by atoms with van der Waals surface area (Å²) >= 11 is 6.12. The molecule has 2 aromatic carbocycles. The van der Waals surface area contributed by atoms with E-state index in [-0.39, 0.29) is 25.4 Å². The molecule has 0 fully saturated rings. The quantitative estimate of drug-likeness (QED) is 0.318. The van der Waals surface area contributed by atoms with Gasteiger partial charge in [-0.05, 0) is 49.2 Å². The summed E-state index contributed by atoms with van der Waals surface area (Å²) in [5.41, 5.74) is -0.216. The summed E-state index contributed by atoms with van der Waals surface area (Å²) in [6.07, 6.45) is 2.71. The highest BCUT2D eigenvalue weighted by Crippen LogP contribution is 2.20. The summed E-state index contributed by atoms with van der Waals surface area (Å²) in [5.74, 6) is 0.0601. The summed E-state index contributed by atoms with van der Waals surface area (Å²) in [6, 6.07) is 17.0. The minimum Gasteiger partial charge on any atom is -0.467 e. The number of carbonyl (C=O) groups is 2. The monoisotopic (exact) mass is 508 g/mol. The number of carbonyl (C=O) groups excluding carboxylic acids is 2. The average Bonchev–Trinajstić information content (AvgIpc) is 3.40. The number of furan rings is 1. The molecule has 0 aliphatic rings. The first-order valence-corrected chi connectivity index (χ1v) is 11.9. The number of unbranched alkanes of at least 4 members (excludes halogenated alkanes) is 1. The van der Waals surface area contributed by atoms with E-state index in [2.05, 4.69) is 10.6 Å². The van der Waals surface area contributed by atoms with Crippen LogP contribution in [0, 0.1) is 0 Å². The Labute approximate surface area is 211 Å². The molecule has 186 valence electrons. The number of benzene rings is 2. The van der Waals surface area contributed by atoms with Crippen molar-refractivity contribution in [1.29, 1.82) is 0 Å². The number of hydrogen-bond acceptors (Lipinski definition) is 5. The van der Waals surface area contributed by atoms with Crippen molar-refractivity contribution in [3.05, 3.63) is 98.5 Å². The van der Waals surface area contributed by atoms with E-state index in [1.54, 1.807) is 60.7 Å². The van der Waals surface area contributed by atoms with Crippen molar-refractivity contribution in [1.82, 2.24) is 14.5 Å². The molecule has 0 radical (unpaired) electrons. The zero-order valence-corrected chi connectivity index (χ0v) is 20.2. The molecular formula is C26H25ClN4O5. The van der Waals surface area contributed by atoms with Crippen molar-refractivity contribution in [3.63, 3.8) is 0 Å². The Hall–Kier alpha value is -4.11. The Morgan fingerprint density at radius 3 is 2.44 bits per heavy atom. The Kier molecular flexibility index (Phi) is 8.02. The number of anilines is 1. The standard InChI is InChI=1S/C26H25ClN4O5/c27-20-10-2-3-11-21(20)29-24(33)17-31-22-12-4-1-9-19(22)25(34)30(26(31)35)14-6-5-13-23(32)28-16-18-8-7-15-36-18/h1-4,7-12,15H,5-6,13-14,16-17H2,(H,28,32)(H,29,33). The molecule has 2 heterocycles. The lowest BCUT2D eigenvalue weighted by molar-refractivity contribution is -0.121. The second-order valence-corrected chi connectivity index (χ2v) is 8.59. The molecular weight excluding hydrogens is 484 g/mol. The molecule has 2 N–H and O–H groups in total. The van der Waals surface area contributed by atoms with Gasteiger partial charge >= 0.3 is 5.69 Å². The van der Waals surface area contributed by atoms with Crippen LogP contribution in [-0.2, 0) is 29.2 Å². The number of amides is 2. The van der Waals surface area contributed by atoms with Crippen LogP contribution < -0.4 is 21.9 Å². The Morgan fingerprint density at radius 1 is 0.889 bits per heavy atom. The summed E-state index contributed by atoms with van der Waals surface area (Å²) in [5, 5.41) is 6.18. The number of hydrogen-bond donors (Lipinski definition) is 2. The van der Waals surface area contributed by atoms with Crippen LogP contribution in [0.2, 0.25) is 5.02 Å². The lowest BCUT2D eigenvalue weighted by Crippen LogP contribution is -2.41. The third-order valence-corrected chi connectivity index (χ3v) is 5.99. The van der Waals surface area contributed by atoms with Gasteiger partial charge in [-0.25, -0.2) is 4.79 Å². The highest BCUT2D eigenvalue weighted by atomic mass is 35.5. The predicted molar refractivity (Wildman–Crippen MR) is 137 cm³/mol. The summed E-state index contributed by atoms with van der Waals surface area (Å²) in [6.45, 7) is 0.136. The maximum absolute atomic E-state index is 13.3. The van der Waals surface area contributed by atoms with Gasteiger partial charge in [-0.3, -0.25) is 23.5 Å². The van der Waals surface area contributed by atoms with Gasteiger partial charge in [-0.15, -0.1) is 0 Å². The van der Waals surface area contributed by atoms with Crippen molar-refractivity contribution in [2.24, 2.45) is 0 Å². The molecule has 4 aromatic rings. The summed E-state index contributed by atoms with van der Waals surface area (Å²) in [7, 11) is 0.